The average Bonchev–Trinajstić information content (AvgIpc) is 3.19. The summed E-state index contributed by atoms with van der Waals surface area (Å²) in [5.74, 6) is -0.603. The number of hydrogen-bond acceptors (Lipinski definition) is 8. The van der Waals surface area contributed by atoms with Crippen LogP contribution in [0.2, 0.25) is 0 Å². The molecule has 43 heavy (non-hydrogen) atoms. The van der Waals surface area contributed by atoms with Crippen molar-refractivity contribution in [2.45, 2.75) is 33.6 Å². The van der Waals surface area contributed by atoms with Gasteiger partial charge in [-0.2, -0.15) is 0 Å². The van der Waals surface area contributed by atoms with Gasteiger partial charge in [-0.15, -0.1) is 0 Å². The number of anilines is 3. The fourth-order valence-corrected chi connectivity index (χ4v) is 5.09. The fraction of sp³-hybridized carbons (Fsp3) is 0.344. The number of rotatable bonds is 12. The van der Waals surface area contributed by atoms with Crippen molar-refractivity contribution < 1.29 is 24.0 Å². The van der Waals surface area contributed by atoms with Crippen LogP contribution in [0.15, 0.2) is 60.7 Å². The molecule has 1 aliphatic rings. The summed E-state index contributed by atoms with van der Waals surface area (Å²) in [6.07, 6.45) is 0.894. The van der Waals surface area contributed by atoms with E-state index in [1.54, 1.807) is 13.0 Å². The Morgan fingerprint density at radius 3 is 2.35 bits per heavy atom. The number of non-ortho nitro benzene ring substituents is 1. The predicted octanol–water partition coefficient (Wildman–Crippen LogP) is 5.67. The summed E-state index contributed by atoms with van der Waals surface area (Å²) in [4.78, 5) is 53.7. The Hall–Kier alpha value is -4.77. The molecule has 0 radical (unpaired) electrons. The summed E-state index contributed by atoms with van der Waals surface area (Å²) < 4.78 is 4.99. The van der Waals surface area contributed by atoms with E-state index in [1.165, 1.54) is 29.2 Å². The number of hydrogen-bond donors (Lipinski definition) is 2. The van der Waals surface area contributed by atoms with Crippen molar-refractivity contribution in [1.82, 2.24) is 9.80 Å². The highest BCUT2D eigenvalue weighted by Crippen LogP contribution is 2.34. The predicted molar refractivity (Wildman–Crippen MR) is 165 cm³/mol. The molecule has 0 aliphatic carbocycles. The van der Waals surface area contributed by atoms with E-state index in [1.807, 2.05) is 44.2 Å². The highest BCUT2D eigenvalue weighted by Gasteiger charge is 2.25. The van der Waals surface area contributed by atoms with Crippen LogP contribution >= 0.6 is 0 Å². The first-order chi connectivity index (χ1) is 20.7. The van der Waals surface area contributed by atoms with Gasteiger partial charge in [0.05, 0.1) is 23.8 Å². The van der Waals surface area contributed by atoms with Crippen LogP contribution < -0.4 is 10.6 Å². The Balaban J connectivity index is 1.61. The largest absolute Gasteiger partial charge is 0.450 e. The lowest BCUT2D eigenvalue weighted by Crippen LogP contribution is -2.41. The second-order valence-corrected chi connectivity index (χ2v) is 10.2. The number of nitro groups is 1. The van der Waals surface area contributed by atoms with Crippen molar-refractivity contribution in [3.8, 4) is 0 Å². The summed E-state index contributed by atoms with van der Waals surface area (Å²) >= 11 is 0. The number of ketones is 1. The minimum absolute atomic E-state index is 0.110. The second kappa shape index (κ2) is 14.4. The summed E-state index contributed by atoms with van der Waals surface area (Å²) in [6.45, 7) is 8.39. The van der Waals surface area contributed by atoms with Crippen molar-refractivity contribution in [1.29, 1.82) is 0 Å². The van der Waals surface area contributed by atoms with Gasteiger partial charge in [0.25, 0.3) is 11.6 Å². The lowest BCUT2D eigenvalue weighted by molar-refractivity contribution is -0.384. The third-order valence-electron chi connectivity index (χ3n) is 7.53. The molecule has 2 amide bonds. The van der Waals surface area contributed by atoms with Crippen LogP contribution in [-0.4, -0.2) is 71.8 Å². The standard InChI is InChI=1S/C32H37N5O6/c1-4-35(5-2)18-19-36(31(39)24-13-16-26(17-14-24)37(41)42)21-29(38)27-9-7-8-23-11-10-22-12-15-25(33-32(40)43-6-3)20-28(22)34-30(23)27/h7-9,12-17,20,34H,4-6,10-11,18-19,21H2,1-3H3,(H,33,40). The maximum absolute atomic E-state index is 13.9. The van der Waals surface area contributed by atoms with E-state index in [-0.39, 0.29) is 36.1 Å². The number of nitrogens with one attached hydrogen (secondary N) is 2. The molecule has 0 bridgehead atoms. The van der Waals surface area contributed by atoms with E-state index in [0.29, 0.717) is 36.4 Å². The molecule has 4 rings (SSSR count). The first-order valence-corrected chi connectivity index (χ1v) is 14.5. The summed E-state index contributed by atoms with van der Waals surface area (Å²) in [5, 5.41) is 17.2. The number of carbonyl (C=O) groups excluding carboxylic acids is 3. The van der Waals surface area contributed by atoms with Crippen molar-refractivity contribution in [3.63, 3.8) is 0 Å². The van der Waals surface area contributed by atoms with Crippen LogP contribution in [0, 0.1) is 10.1 Å². The SMILES string of the molecule is CCOC(=O)Nc1ccc2c(c1)Nc1c(cccc1C(=O)CN(CCN(CC)CC)C(=O)c1ccc([N+](=O)[O-])cc1)CC2. The van der Waals surface area contributed by atoms with Crippen molar-refractivity contribution in [3.05, 3.63) is 93.0 Å². The molecule has 0 spiro atoms. The third kappa shape index (κ3) is 7.75. The van der Waals surface area contributed by atoms with E-state index < -0.39 is 11.0 Å². The second-order valence-electron chi connectivity index (χ2n) is 10.2. The van der Waals surface area contributed by atoms with Crippen LogP contribution in [0.4, 0.5) is 27.5 Å². The van der Waals surface area contributed by atoms with E-state index in [4.69, 9.17) is 4.74 Å². The van der Waals surface area contributed by atoms with Gasteiger partial charge in [-0.3, -0.25) is 25.0 Å². The molecule has 2 N–H and O–H groups in total. The summed E-state index contributed by atoms with van der Waals surface area (Å²) in [7, 11) is 0. The smallest absolute Gasteiger partial charge is 0.411 e. The van der Waals surface area contributed by atoms with E-state index in [9.17, 15) is 24.5 Å². The highest BCUT2D eigenvalue weighted by atomic mass is 16.6. The van der Waals surface area contributed by atoms with Gasteiger partial charge in [0.15, 0.2) is 5.78 Å². The van der Waals surface area contributed by atoms with Crippen LogP contribution in [0.25, 0.3) is 0 Å². The molecule has 1 aliphatic heterocycles. The maximum Gasteiger partial charge on any atom is 0.411 e. The molecule has 1 heterocycles. The lowest BCUT2D eigenvalue weighted by atomic mass is 9.99. The summed E-state index contributed by atoms with van der Waals surface area (Å²) in [6, 6.07) is 16.6. The number of carbonyl (C=O) groups is 3. The zero-order valence-corrected chi connectivity index (χ0v) is 24.7. The molecule has 0 atom stereocenters. The minimum atomic E-state index is -0.546. The fourth-order valence-electron chi connectivity index (χ4n) is 5.09. The normalized spacial score (nSPS) is 11.9. The van der Waals surface area contributed by atoms with Crippen LogP contribution in [0.3, 0.4) is 0 Å². The number of Topliss-reactive ketones (excluding diaryl/α,β-unsaturated/α-hetero) is 1. The molecule has 3 aromatic carbocycles. The van der Waals surface area contributed by atoms with Gasteiger partial charge in [0.1, 0.15) is 0 Å². The molecular weight excluding hydrogens is 550 g/mol. The zero-order chi connectivity index (χ0) is 30.9. The van der Waals surface area contributed by atoms with Crippen molar-refractivity contribution in [2.24, 2.45) is 0 Å². The molecule has 3 aromatic rings. The first-order valence-electron chi connectivity index (χ1n) is 14.5. The van der Waals surface area contributed by atoms with Crippen LogP contribution in [0.5, 0.6) is 0 Å². The summed E-state index contributed by atoms with van der Waals surface area (Å²) in [5.41, 5.74) is 4.64. The van der Waals surface area contributed by atoms with Gasteiger partial charge in [-0.25, -0.2) is 4.79 Å². The first kappa shape index (κ1) is 31.2. The van der Waals surface area contributed by atoms with Crippen molar-refractivity contribution >= 4 is 40.5 Å². The number of likely N-dealkylation sites (N-methyl/N-ethyl adjacent to an activating group) is 1. The molecule has 0 unspecified atom stereocenters. The molecule has 11 nitrogen and oxygen atoms in total. The van der Waals surface area contributed by atoms with E-state index in [0.717, 1.165) is 36.3 Å². The Kier molecular flexibility index (Phi) is 10.4. The molecule has 0 fully saturated rings. The number of amides is 2. The Morgan fingerprint density at radius 1 is 0.953 bits per heavy atom. The number of nitrogens with zero attached hydrogens (tertiary/aromatic N) is 3. The van der Waals surface area contributed by atoms with E-state index >= 15 is 0 Å². The number of benzene rings is 3. The van der Waals surface area contributed by atoms with Crippen LogP contribution in [-0.2, 0) is 17.6 Å². The number of aryl methyl sites for hydroxylation is 2. The number of para-hydroxylation sites is 1. The molecular formula is C32H37N5O6. The lowest BCUT2D eigenvalue weighted by Gasteiger charge is -2.26. The number of ether oxygens (including phenoxy) is 1. The maximum atomic E-state index is 13.9. The van der Waals surface area contributed by atoms with Gasteiger partial charge in [0, 0.05) is 47.7 Å². The molecule has 226 valence electrons. The average molecular weight is 588 g/mol. The third-order valence-corrected chi connectivity index (χ3v) is 7.53. The molecule has 11 heteroatoms. The van der Waals surface area contributed by atoms with Gasteiger partial charge >= 0.3 is 6.09 Å². The highest BCUT2D eigenvalue weighted by molar-refractivity contribution is 6.06. The molecule has 0 saturated heterocycles. The van der Waals surface area contributed by atoms with E-state index in [2.05, 4.69) is 15.5 Å². The molecule has 0 saturated carbocycles. The van der Waals surface area contributed by atoms with Gasteiger partial charge < -0.3 is 19.9 Å². The number of nitro benzene ring substituents is 1. The van der Waals surface area contributed by atoms with Gasteiger partial charge in [0.2, 0.25) is 0 Å². The van der Waals surface area contributed by atoms with Crippen LogP contribution in [0.1, 0.15) is 52.6 Å². The van der Waals surface area contributed by atoms with Gasteiger partial charge in [-0.05, 0) is 74.3 Å². The molecule has 0 aromatic heterocycles. The van der Waals surface area contributed by atoms with Crippen molar-refractivity contribution in [2.75, 3.05) is 50.0 Å². The number of fused-ring (bicyclic) bond motifs is 2. The zero-order valence-electron chi connectivity index (χ0n) is 24.7. The Bertz CT molecular complexity index is 1490. The minimum Gasteiger partial charge on any atom is -0.450 e. The Morgan fingerprint density at radius 2 is 1.67 bits per heavy atom. The quantitative estimate of drug-likeness (QED) is 0.157. The topological polar surface area (TPSA) is 134 Å². The Labute approximate surface area is 251 Å². The monoisotopic (exact) mass is 587 g/mol. The van der Waals surface area contributed by atoms with Gasteiger partial charge in [-0.1, -0.05) is 32.0 Å².